The van der Waals surface area contributed by atoms with Crippen molar-refractivity contribution in [2.75, 3.05) is 0 Å². The van der Waals surface area contributed by atoms with Crippen molar-refractivity contribution >= 4 is 11.3 Å². The molecule has 2 bridgehead atoms. The van der Waals surface area contributed by atoms with Crippen molar-refractivity contribution in [3.05, 3.63) is 16.1 Å². The Balaban J connectivity index is 1.63. The van der Waals surface area contributed by atoms with Gasteiger partial charge >= 0.3 is 0 Å². The van der Waals surface area contributed by atoms with E-state index < -0.39 is 0 Å². The summed E-state index contributed by atoms with van der Waals surface area (Å²) in [7, 11) is 0. The van der Waals surface area contributed by atoms with Crippen molar-refractivity contribution < 1.29 is 4.74 Å². The summed E-state index contributed by atoms with van der Waals surface area (Å²) in [6.07, 6.45) is 6.66. The highest BCUT2D eigenvalue weighted by molar-refractivity contribution is 7.11. The van der Waals surface area contributed by atoms with Crippen molar-refractivity contribution in [1.82, 2.24) is 10.3 Å². The Labute approximate surface area is 113 Å². The number of fused-ring (bicyclic) bond motifs is 2. The van der Waals surface area contributed by atoms with E-state index >= 15 is 0 Å². The van der Waals surface area contributed by atoms with E-state index in [4.69, 9.17) is 4.74 Å². The molecular formula is C14H22N2OS. The van der Waals surface area contributed by atoms with E-state index in [0.29, 0.717) is 18.1 Å². The number of thiazole rings is 1. The van der Waals surface area contributed by atoms with Crippen molar-refractivity contribution in [2.24, 2.45) is 0 Å². The number of rotatable bonds is 3. The maximum Gasteiger partial charge on any atom is 0.0986 e. The first kappa shape index (κ1) is 12.6. The van der Waals surface area contributed by atoms with Gasteiger partial charge in [0.25, 0.3) is 0 Å². The van der Waals surface area contributed by atoms with E-state index in [0.717, 1.165) is 6.54 Å². The summed E-state index contributed by atoms with van der Waals surface area (Å²) >= 11 is 1.86. The molecule has 0 saturated carbocycles. The van der Waals surface area contributed by atoms with Gasteiger partial charge in [-0.3, -0.25) is 0 Å². The van der Waals surface area contributed by atoms with Crippen molar-refractivity contribution in [2.45, 2.75) is 70.2 Å². The van der Waals surface area contributed by atoms with Gasteiger partial charge in [-0.25, -0.2) is 4.98 Å². The Bertz CT molecular complexity index is 424. The SMILES string of the molecule is CC(C)(C)NCc1cnc(C2CC3CCC2O3)s1. The number of nitrogens with one attached hydrogen (secondary N) is 1. The number of ether oxygens (including phenoxy) is 1. The number of nitrogens with zero attached hydrogens (tertiary/aromatic N) is 1. The molecule has 2 saturated heterocycles. The second kappa shape index (κ2) is 4.58. The van der Waals surface area contributed by atoms with Gasteiger partial charge in [-0.2, -0.15) is 0 Å². The van der Waals surface area contributed by atoms with E-state index in [-0.39, 0.29) is 5.54 Å². The van der Waals surface area contributed by atoms with E-state index in [1.54, 1.807) is 0 Å². The summed E-state index contributed by atoms with van der Waals surface area (Å²) in [5, 5.41) is 4.80. The Hall–Kier alpha value is -0.450. The Morgan fingerprint density at radius 2 is 2.28 bits per heavy atom. The van der Waals surface area contributed by atoms with Crippen LogP contribution < -0.4 is 5.32 Å². The topological polar surface area (TPSA) is 34.2 Å². The molecule has 0 radical (unpaired) electrons. The predicted octanol–water partition coefficient (Wildman–Crippen LogP) is 3.07. The minimum atomic E-state index is 0.166. The maximum atomic E-state index is 5.91. The zero-order valence-electron chi connectivity index (χ0n) is 11.4. The summed E-state index contributed by atoms with van der Waals surface area (Å²) in [4.78, 5) is 5.95. The fourth-order valence-corrected chi connectivity index (χ4v) is 3.85. The third-order valence-corrected chi connectivity index (χ3v) is 4.92. The molecule has 1 aromatic rings. The molecule has 2 aliphatic rings. The molecule has 4 heteroatoms. The first-order valence-corrected chi connectivity index (χ1v) is 7.68. The van der Waals surface area contributed by atoms with Crippen LogP contribution in [-0.2, 0) is 11.3 Å². The van der Waals surface area contributed by atoms with Crippen molar-refractivity contribution in [3.63, 3.8) is 0 Å². The highest BCUT2D eigenvalue weighted by Gasteiger charge is 2.42. The Kier molecular flexibility index (Phi) is 3.20. The van der Waals surface area contributed by atoms with E-state index in [1.807, 2.05) is 17.5 Å². The molecule has 2 fully saturated rings. The Morgan fingerprint density at radius 3 is 2.89 bits per heavy atom. The van der Waals surface area contributed by atoms with Crippen LogP contribution in [0.15, 0.2) is 6.20 Å². The summed E-state index contributed by atoms with van der Waals surface area (Å²) in [6.45, 7) is 7.50. The lowest BCUT2D eigenvalue weighted by Gasteiger charge is -2.19. The molecular weight excluding hydrogens is 244 g/mol. The minimum absolute atomic E-state index is 0.166. The van der Waals surface area contributed by atoms with Gasteiger partial charge in [0.2, 0.25) is 0 Å². The molecule has 0 aliphatic carbocycles. The van der Waals surface area contributed by atoms with Gasteiger partial charge in [-0.1, -0.05) is 0 Å². The lowest BCUT2D eigenvalue weighted by Crippen LogP contribution is -2.34. The molecule has 3 nitrogen and oxygen atoms in total. The standard InChI is InChI=1S/C14H22N2OS/c1-14(2,3)16-8-10-7-15-13(18-10)11-6-9-4-5-12(11)17-9/h7,9,11-12,16H,4-6,8H2,1-3H3. The van der Waals surface area contributed by atoms with Crippen LogP contribution in [0.3, 0.4) is 0 Å². The van der Waals surface area contributed by atoms with E-state index in [1.165, 1.54) is 29.1 Å². The van der Waals surface area contributed by atoms with Crippen LogP contribution >= 0.6 is 11.3 Å². The zero-order valence-corrected chi connectivity index (χ0v) is 12.2. The van der Waals surface area contributed by atoms with Gasteiger partial charge in [0.15, 0.2) is 0 Å². The van der Waals surface area contributed by atoms with Gasteiger partial charge in [-0.15, -0.1) is 11.3 Å². The minimum Gasteiger partial charge on any atom is -0.374 e. The lowest BCUT2D eigenvalue weighted by atomic mass is 9.90. The monoisotopic (exact) mass is 266 g/mol. The molecule has 1 N–H and O–H groups in total. The predicted molar refractivity (Wildman–Crippen MR) is 74.0 cm³/mol. The number of hydrogen-bond acceptors (Lipinski definition) is 4. The van der Waals surface area contributed by atoms with Crippen LogP contribution in [0.4, 0.5) is 0 Å². The van der Waals surface area contributed by atoms with Crippen LogP contribution in [-0.4, -0.2) is 22.7 Å². The quantitative estimate of drug-likeness (QED) is 0.913. The average Bonchev–Trinajstić information content (AvgIpc) is 3.01. The number of aromatic nitrogens is 1. The number of hydrogen-bond donors (Lipinski definition) is 1. The summed E-state index contributed by atoms with van der Waals surface area (Å²) in [6, 6.07) is 0. The fraction of sp³-hybridized carbons (Fsp3) is 0.786. The van der Waals surface area contributed by atoms with Gasteiger partial charge in [-0.05, 0) is 40.0 Å². The first-order chi connectivity index (χ1) is 8.51. The van der Waals surface area contributed by atoms with Crippen LogP contribution in [0.25, 0.3) is 0 Å². The Morgan fingerprint density at radius 1 is 1.44 bits per heavy atom. The largest absolute Gasteiger partial charge is 0.374 e. The summed E-state index contributed by atoms with van der Waals surface area (Å²) < 4.78 is 5.91. The van der Waals surface area contributed by atoms with E-state index in [2.05, 4.69) is 31.1 Å². The first-order valence-electron chi connectivity index (χ1n) is 6.86. The van der Waals surface area contributed by atoms with Crippen molar-refractivity contribution in [1.29, 1.82) is 0 Å². The second-order valence-electron chi connectivity index (χ2n) is 6.48. The lowest BCUT2D eigenvalue weighted by molar-refractivity contribution is 0.101. The van der Waals surface area contributed by atoms with Crippen LogP contribution in [0.2, 0.25) is 0 Å². The molecule has 18 heavy (non-hydrogen) atoms. The van der Waals surface area contributed by atoms with Crippen molar-refractivity contribution in [3.8, 4) is 0 Å². The average molecular weight is 266 g/mol. The molecule has 2 aliphatic heterocycles. The molecule has 3 unspecified atom stereocenters. The summed E-state index contributed by atoms with van der Waals surface area (Å²) in [5.74, 6) is 0.567. The molecule has 3 heterocycles. The molecule has 1 aromatic heterocycles. The zero-order chi connectivity index (χ0) is 12.8. The van der Waals surface area contributed by atoms with Crippen LogP contribution in [0, 0.1) is 0 Å². The molecule has 0 spiro atoms. The van der Waals surface area contributed by atoms with Gasteiger partial charge < -0.3 is 10.1 Å². The fourth-order valence-electron chi connectivity index (χ4n) is 2.83. The third-order valence-electron chi connectivity index (χ3n) is 3.79. The third kappa shape index (κ3) is 2.60. The molecule has 100 valence electrons. The van der Waals surface area contributed by atoms with E-state index in [9.17, 15) is 0 Å². The van der Waals surface area contributed by atoms with Crippen LogP contribution in [0.1, 0.15) is 55.8 Å². The molecule has 0 amide bonds. The molecule has 3 rings (SSSR count). The second-order valence-corrected chi connectivity index (χ2v) is 7.63. The summed E-state index contributed by atoms with van der Waals surface area (Å²) in [5.41, 5.74) is 0.166. The highest BCUT2D eigenvalue weighted by Crippen LogP contribution is 2.45. The smallest absolute Gasteiger partial charge is 0.0986 e. The molecule has 0 aromatic carbocycles. The highest BCUT2D eigenvalue weighted by atomic mass is 32.1. The molecule has 3 atom stereocenters. The normalized spacial score (nSPS) is 31.2. The maximum absolute atomic E-state index is 5.91. The van der Waals surface area contributed by atoms with Gasteiger partial charge in [0, 0.05) is 29.1 Å². The van der Waals surface area contributed by atoms with Gasteiger partial charge in [0.1, 0.15) is 0 Å². The van der Waals surface area contributed by atoms with Crippen LogP contribution in [0.5, 0.6) is 0 Å². The van der Waals surface area contributed by atoms with Gasteiger partial charge in [0.05, 0.1) is 17.2 Å².